The van der Waals surface area contributed by atoms with Gasteiger partial charge in [-0.05, 0) is 100 Å². The number of hydrogen-bond acceptors (Lipinski definition) is 11. The van der Waals surface area contributed by atoms with Crippen LogP contribution < -0.4 is 14.5 Å². The molecular formula is C39H31Br5F4N6O5S4. The van der Waals surface area contributed by atoms with E-state index in [1.807, 2.05) is 69.1 Å². The topological polar surface area (TPSA) is 116 Å². The number of thiazole rings is 2. The van der Waals surface area contributed by atoms with E-state index in [9.17, 15) is 34.4 Å². The standard InChI is InChI=1S/C20H17Br2F2N3O3S2.C19H14Br3F2N3O2S2/c1-30-13-4-2-3-12(9-13)16-11-31-20(25-16)26-5-7-27(8-6-26)32(28,29)19-17(22)15(23)10-14(21)18(19)24;20-12-3-1-2-11(8-12)15-10-30-19(25-15)26-4-6-27(7-5-26)31(28,29)18-16(22)14(23)9-13(21)17(18)24/h2-4,9-11H,5-8H2,1H3;1-3,8-10H,4-7H2. The third-order valence-electron chi connectivity index (χ3n) is 9.83. The molecule has 0 aliphatic carbocycles. The molecule has 2 aliphatic heterocycles. The van der Waals surface area contributed by atoms with E-state index < -0.39 is 62.1 Å². The summed E-state index contributed by atoms with van der Waals surface area (Å²) in [7, 11) is -6.86. The van der Waals surface area contributed by atoms with Crippen LogP contribution in [0.5, 0.6) is 5.75 Å². The van der Waals surface area contributed by atoms with Crippen molar-refractivity contribution in [3.8, 4) is 28.3 Å². The van der Waals surface area contributed by atoms with Gasteiger partial charge in [0.2, 0.25) is 20.0 Å². The number of sulfonamides is 2. The van der Waals surface area contributed by atoms with Gasteiger partial charge in [0, 0.05) is 78.7 Å². The molecular weight excluding hydrogens is 1240 g/mol. The fourth-order valence-electron chi connectivity index (χ4n) is 6.57. The molecule has 0 N–H and O–H groups in total. The van der Waals surface area contributed by atoms with Crippen molar-refractivity contribution in [1.29, 1.82) is 0 Å². The summed E-state index contributed by atoms with van der Waals surface area (Å²) in [4.78, 5) is 11.9. The molecule has 0 saturated carbocycles. The highest BCUT2D eigenvalue weighted by atomic mass is 79.9. The largest absolute Gasteiger partial charge is 0.497 e. The Labute approximate surface area is 410 Å². The third kappa shape index (κ3) is 10.4. The van der Waals surface area contributed by atoms with Crippen LogP contribution >= 0.6 is 102 Å². The maximum Gasteiger partial charge on any atom is 0.247 e. The van der Waals surface area contributed by atoms with E-state index in [2.05, 4.69) is 89.6 Å². The van der Waals surface area contributed by atoms with E-state index in [0.717, 1.165) is 59.4 Å². The van der Waals surface area contributed by atoms with Crippen LogP contribution in [-0.4, -0.2) is 94.9 Å². The summed E-state index contributed by atoms with van der Waals surface area (Å²) in [5.74, 6) is -3.02. The maximum atomic E-state index is 14.6. The summed E-state index contributed by atoms with van der Waals surface area (Å²) in [6.45, 7) is 2.04. The molecule has 8 rings (SSSR count). The van der Waals surface area contributed by atoms with Crippen molar-refractivity contribution in [2.45, 2.75) is 9.79 Å². The SMILES string of the molecule is COc1cccc(-c2csc(N3CCN(S(=O)(=O)c4c(F)c(Br)cc(F)c4Br)CC3)n2)c1.O=S(=O)(c1c(F)c(Br)cc(F)c1Br)N1CCN(c2nc(-c3cccc(Br)c3)cs2)CC1. The molecule has 334 valence electrons. The molecule has 0 amide bonds. The van der Waals surface area contributed by atoms with Gasteiger partial charge in [0.25, 0.3) is 0 Å². The van der Waals surface area contributed by atoms with E-state index in [-0.39, 0.29) is 35.1 Å². The molecule has 4 aromatic carbocycles. The number of nitrogens with zero attached hydrogens (tertiary/aromatic N) is 6. The molecule has 0 bridgehead atoms. The molecule has 0 spiro atoms. The lowest BCUT2D eigenvalue weighted by atomic mass is 10.2. The number of rotatable bonds is 9. The number of anilines is 2. The van der Waals surface area contributed by atoms with E-state index in [0.29, 0.717) is 26.2 Å². The number of aromatic nitrogens is 2. The fraction of sp³-hybridized carbons (Fsp3) is 0.231. The summed E-state index contributed by atoms with van der Waals surface area (Å²) in [6, 6.07) is 17.2. The van der Waals surface area contributed by atoms with E-state index in [1.165, 1.54) is 27.0 Å². The second-order valence-electron chi connectivity index (χ2n) is 13.6. The zero-order chi connectivity index (χ0) is 45.4. The minimum Gasteiger partial charge on any atom is -0.497 e. The van der Waals surface area contributed by atoms with E-state index in [1.54, 1.807) is 7.11 Å². The Morgan fingerprint density at radius 1 is 0.587 bits per heavy atom. The van der Waals surface area contributed by atoms with Crippen LogP contribution in [0.2, 0.25) is 0 Å². The minimum atomic E-state index is -4.24. The van der Waals surface area contributed by atoms with E-state index in [4.69, 9.17) is 4.74 Å². The fourth-order valence-corrected chi connectivity index (χ4v) is 14.7. The number of benzene rings is 4. The Balaban J connectivity index is 0.000000189. The molecule has 0 unspecified atom stereocenters. The molecule has 0 atom stereocenters. The summed E-state index contributed by atoms with van der Waals surface area (Å²) in [5, 5.41) is 5.44. The van der Waals surface area contributed by atoms with Gasteiger partial charge in [-0.3, -0.25) is 0 Å². The van der Waals surface area contributed by atoms with E-state index >= 15 is 0 Å². The third-order valence-corrected chi connectivity index (χ3v) is 19.2. The van der Waals surface area contributed by atoms with Crippen LogP contribution in [0.3, 0.4) is 0 Å². The second-order valence-corrected chi connectivity index (χ2v) is 23.3. The first-order chi connectivity index (χ1) is 29.9. The number of methoxy groups -OCH3 is 1. The molecule has 2 fully saturated rings. The van der Waals surface area contributed by atoms with Gasteiger partial charge in [-0.15, -0.1) is 22.7 Å². The zero-order valence-electron chi connectivity index (χ0n) is 32.3. The first-order valence-corrected chi connectivity index (χ1v) is 27.0. The summed E-state index contributed by atoms with van der Waals surface area (Å²) in [6.07, 6.45) is 0. The predicted molar refractivity (Wildman–Crippen MR) is 255 cm³/mol. The lowest BCUT2D eigenvalue weighted by Gasteiger charge is -2.34. The Bertz CT molecular complexity index is 2850. The van der Waals surface area contributed by atoms with Crippen molar-refractivity contribution in [3.05, 3.63) is 117 Å². The van der Waals surface area contributed by atoms with Crippen LogP contribution in [0.1, 0.15) is 0 Å². The smallest absolute Gasteiger partial charge is 0.247 e. The monoisotopic (exact) mass is 1260 g/mol. The van der Waals surface area contributed by atoms with Crippen LogP contribution in [0.15, 0.2) is 104 Å². The number of ether oxygens (including phenoxy) is 1. The summed E-state index contributed by atoms with van der Waals surface area (Å²) >= 11 is 17.9. The molecule has 24 heteroatoms. The molecule has 2 saturated heterocycles. The van der Waals surface area contributed by atoms with Gasteiger partial charge in [0.1, 0.15) is 27.2 Å². The molecule has 11 nitrogen and oxygen atoms in total. The molecule has 4 heterocycles. The average Bonchev–Trinajstić information content (AvgIpc) is 3.97. The van der Waals surface area contributed by atoms with Crippen molar-refractivity contribution in [1.82, 2.24) is 18.6 Å². The Hall–Kier alpha value is -2.52. The van der Waals surface area contributed by atoms with Gasteiger partial charge in [-0.25, -0.2) is 44.4 Å². The highest BCUT2D eigenvalue weighted by molar-refractivity contribution is 9.11. The van der Waals surface area contributed by atoms with Gasteiger partial charge in [0.05, 0.1) is 36.4 Å². The van der Waals surface area contributed by atoms with Gasteiger partial charge >= 0.3 is 0 Å². The van der Waals surface area contributed by atoms with Gasteiger partial charge in [0.15, 0.2) is 21.9 Å². The van der Waals surface area contributed by atoms with Crippen LogP contribution in [0.25, 0.3) is 22.5 Å². The first kappa shape index (κ1) is 48.4. The Kier molecular flexibility index (Phi) is 15.5. The molecule has 63 heavy (non-hydrogen) atoms. The van der Waals surface area contributed by atoms with Crippen LogP contribution in [0, 0.1) is 23.3 Å². The molecule has 0 radical (unpaired) electrons. The highest BCUT2D eigenvalue weighted by Crippen LogP contribution is 2.38. The van der Waals surface area contributed by atoms with Gasteiger partial charge in [-0.1, -0.05) is 40.2 Å². The van der Waals surface area contributed by atoms with Gasteiger partial charge < -0.3 is 14.5 Å². The molecule has 6 aromatic rings. The molecule has 2 aliphatic rings. The van der Waals surface area contributed by atoms with Crippen molar-refractivity contribution < 1.29 is 39.1 Å². The zero-order valence-corrected chi connectivity index (χ0v) is 43.5. The van der Waals surface area contributed by atoms with Gasteiger partial charge in [-0.2, -0.15) is 8.61 Å². The number of hydrogen-bond donors (Lipinski definition) is 0. The second kappa shape index (κ2) is 20.1. The number of piperazine rings is 2. The first-order valence-electron chi connectivity index (χ1n) is 18.4. The maximum absolute atomic E-state index is 14.6. The lowest BCUT2D eigenvalue weighted by molar-refractivity contribution is 0.380. The predicted octanol–water partition coefficient (Wildman–Crippen LogP) is 11.0. The lowest BCUT2D eigenvalue weighted by Crippen LogP contribution is -2.48. The van der Waals surface area contributed by atoms with Crippen LogP contribution in [-0.2, 0) is 20.0 Å². The van der Waals surface area contributed by atoms with Crippen molar-refractivity contribution >= 4 is 133 Å². The molecule has 2 aromatic heterocycles. The van der Waals surface area contributed by atoms with Crippen molar-refractivity contribution in [2.75, 3.05) is 69.3 Å². The Morgan fingerprint density at radius 3 is 1.41 bits per heavy atom. The summed E-state index contributed by atoms with van der Waals surface area (Å²) in [5.41, 5.74) is 3.54. The highest BCUT2D eigenvalue weighted by Gasteiger charge is 2.37. The summed E-state index contributed by atoms with van der Waals surface area (Å²) < 4.78 is 117. The normalized spacial score (nSPS) is 15.3. The minimum absolute atomic E-state index is 0.121. The van der Waals surface area contributed by atoms with Crippen LogP contribution in [0.4, 0.5) is 27.8 Å². The Morgan fingerprint density at radius 2 is 1.00 bits per heavy atom. The quantitative estimate of drug-likeness (QED) is 0.103. The number of halogens is 9. The van der Waals surface area contributed by atoms with Crippen molar-refractivity contribution in [2.24, 2.45) is 0 Å². The average molecular weight is 1270 g/mol. The van der Waals surface area contributed by atoms with Crippen molar-refractivity contribution in [3.63, 3.8) is 0 Å².